The van der Waals surface area contributed by atoms with E-state index in [9.17, 15) is 9.59 Å². The van der Waals surface area contributed by atoms with Gasteiger partial charge in [0, 0.05) is 32.1 Å². The number of ether oxygens (including phenoxy) is 1. The molecular formula is C17H26ClN3O3. The number of benzene rings is 1. The van der Waals surface area contributed by atoms with Gasteiger partial charge in [0.25, 0.3) is 0 Å². The molecule has 2 rings (SSSR count). The number of morpholine rings is 1. The monoisotopic (exact) mass is 355 g/mol. The molecule has 0 bridgehead atoms. The highest BCUT2D eigenvalue weighted by Crippen LogP contribution is 2.04. The van der Waals surface area contributed by atoms with Gasteiger partial charge in [-0.1, -0.05) is 30.3 Å². The van der Waals surface area contributed by atoms with Crippen LogP contribution in [0.1, 0.15) is 18.9 Å². The fourth-order valence-electron chi connectivity index (χ4n) is 2.51. The van der Waals surface area contributed by atoms with E-state index in [2.05, 4.69) is 10.6 Å². The first-order valence-corrected chi connectivity index (χ1v) is 8.08. The molecule has 1 heterocycles. The van der Waals surface area contributed by atoms with Gasteiger partial charge in [-0.2, -0.15) is 0 Å². The average molecular weight is 356 g/mol. The maximum atomic E-state index is 12.2. The Morgan fingerprint density at radius 1 is 1.33 bits per heavy atom. The smallest absolute Gasteiger partial charge is 0.242 e. The summed E-state index contributed by atoms with van der Waals surface area (Å²) in [6, 6.07) is 9.87. The fraction of sp³-hybridized carbons (Fsp3) is 0.529. The number of likely N-dealkylation sites (N-methyl/N-ethyl adjacent to an activating group) is 1. The lowest BCUT2D eigenvalue weighted by molar-refractivity contribution is -0.133. The average Bonchev–Trinajstić information content (AvgIpc) is 2.59. The molecular weight excluding hydrogens is 330 g/mol. The van der Waals surface area contributed by atoms with Crippen LogP contribution < -0.4 is 10.6 Å². The number of carbonyl (C=O) groups is 2. The molecule has 0 aromatic heterocycles. The van der Waals surface area contributed by atoms with Crippen LogP contribution in [-0.4, -0.2) is 55.6 Å². The van der Waals surface area contributed by atoms with Crippen molar-refractivity contribution in [3.05, 3.63) is 35.9 Å². The first-order chi connectivity index (χ1) is 11.2. The van der Waals surface area contributed by atoms with Gasteiger partial charge in [-0.3, -0.25) is 9.59 Å². The second kappa shape index (κ2) is 11.0. The van der Waals surface area contributed by atoms with Crippen LogP contribution >= 0.6 is 12.4 Å². The predicted octanol–water partition coefficient (Wildman–Crippen LogP) is 0.952. The normalized spacial score (nSPS) is 16.8. The van der Waals surface area contributed by atoms with E-state index >= 15 is 0 Å². The zero-order chi connectivity index (χ0) is 16.5. The van der Waals surface area contributed by atoms with Crippen LogP contribution in [-0.2, 0) is 20.9 Å². The lowest BCUT2D eigenvalue weighted by Crippen LogP contribution is -2.46. The van der Waals surface area contributed by atoms with Gasteiger partial charge in [-0.05, 0) is 12.5 Å². The van der Waals surface area contributed by atoms with Crippen molar-refractivity contribution in [3.63, 3.8) is 0 Å². The molecule has 1 unspecified atom stereocenters. The Bertz CT molecular complexity index is 507. The zero-order valence-corrected chi connectivity index (χ0v) is 14.8. The molecule has 2 N–H and O–H groups in total. The second-order valence-corrected chi connectivity index (χ2v) is 5.60. The van der Waals surface area contributed by atoms with Crippen molar-refractivity contribution >= 4 is 24.2 Å². The molecule has 1 saturated heterocycles. The Balaban J connectivity index is 0.00000288. The van der Waals surface area contributed by atoms with Crippen molar-refractivity contribution in [3.8, 4) is 0 Å². The van der Waals surface area contributed by atoms with Crippen LogP contribution in [0.3, 0.4) is 0 Å². The van der Waals surface area contributed by atoms with Crippen LogP contribution in [0, 0.1) is 0 Å². The van der Waals surface area contributed by atoms with Gasteiger partial charge in [0.1, 0.15) is 0 Å². The summed E-state index contributed by atoms with van der Waals surface area (Å²) < 4.78 is 5.31. The molecule has 0 spiro atoms. The third kappa shape index (κ3) is 6.86. The number of halogens is 1. The SMILES string of the molecule is CCN(Cc1ccccc1)C(=O)CNC(=O)CC1COCCN1.Cl. The molecule has 1 atom stereocenters. The van der Waals surface area contributed by atoms with Crippen molar-refractivity contribution in [2.75, 3.05) is 32.8 Å². The topological polar surface area (TPSA) is 70.7 Å². The quantitative estimate of drug-likeness (QED) is 0.764. The van der Waals surface area contributed by atoms with Crippen molar-refractivity contribution in [1.82, 2.24) is 15.5 Å². The predicted molar refractivity (Wildman–Crippen MR) is 95.0 cm³/mol. The lowest BCUT2D eigenvalue weighted by atomic mass is 10.2. The van der Waals surface area contributed by atoms with E-state index < -0.39 is 0 Å². The Morgan fingerprint density at radius 2 is 2.08 bits per heavy atom. The van der Waals surface area contributed by atoms with E-state index in [-0.39, 0.29) is 36.8 Å². The van der Waals surface area contributed by atoms with Gasteiger partial charge in [-0.25, -0.2) is 0 Å². The molecule has 1 fully saturated rings. The van der Waals surface area contributed by atoms with E-state index in [0.29, 0.717) is 32.7 Å². The van der Waals surface area contributed by atoms with E-state index in [1.807, 2.05) is 37.3 Å². The molecule has 1 aromatic rings. The molecule has 1 aromatic carbocycles. The van der Waals surface area contributed by atoms with Gasteiger partial charge < -0.3 is 20.3 Å². The van der Waals surface area contributed by atoms with Gasteiger partial charge in [0.15, 0.2) is 0 Å². The van der Waals surface area contributed by atoms with Crippen molar-refractivity contribution in [2.24, 2.45) is 0 Å². The van der Waals surface area contributed by atoms with Crippen LogP contribution in [0.5, 0.6) is 0 Å². The second-order valence-electron chi connectivity index (χ2n) is 5.60. The van der Waals surface area contributed by atoms with Gasteiger partial charge in [0.05, 0.1) is 19.8 Å². The highest BCUT2D eigenvalue weighted by atomic mass is 35.5. The number of carbonyl (C=O) groups excluding carboxylic acids is 2. The summed E-state index contributed by atoms with van der Waals surface area (Å²) in [5, 5.41) is 5.93. The van der Waals surface area contributed by atoms with Gasteiger partial charge in [0.2, 0.25) is 11.8 Å². The number of rotatable bonds is 7. The molecule has 0 saturated carbocycles. The maximum absolute atomic E-state index is 12.2. The Morgan fingerprint density at radius 3 is 2.71 bits per heavy atom. The molecule has 134 valence electrons. The number of nitrogens with zero attached hydrogens (tertiary/aromatic N) is 1. The number of hydrogen-bond donors (Lipinski definition) is 2. The molecule has 6 nitrogen and oxygen atoms in total. The largest absolute Gasteiger partial charge is 0.378 e. The maximum Gasteiger partial charge on any atom is 0.242 e. The van der Waals surface area contributed by atoms with Crippen molar-refractivity contribution in [1.29, 1.82) is 0 Å². The van der Waals surface area contributed by atoms with Gasteiger partial charge >= 0.3 is 0 Å². The summed E-state index contributed by atoms with van der Waals surface area (Å²) in [5.74, 6) is -0.199. The minimum absolute atomic E-state index is 0. The standard InChI is InChI=1S/C17H25N3O3.ClH/c1-2-20(12-14-6-4-3-5-7-14)17(22)11-19-16(21)10-15-13-23-9-8-18-15;/h3-7,15,18H,2,8-13H2,1H3,(H,19,21);1H. The minimum Gasteiger partial charge on any atom is -0.378 e. The first-order valence-electron chi connectivity index (χ1n) is 8.08. The van der Waals surface area contributed by atoms with E-state index in [0.717, 1.165) is 12.1 Å². The third-order valence-corrected chi connectivity index (χ3v) is 3.82. The summed E-state index contributed by atoms with van der Waals surface area (Å²) in [4.78, 5) is 25.9. The first kappa shape index (κ1) is 20.4. The summed E-state index contributed by atoms with van der Waals surface area (Å²) >= 11 is 0. The number of nitrogens with one attached hydrogen (secondary N) is 2. The van der Waals surface area contributed by atoms with Crippen LogP contribution in [0.2, 0.25) is 0 Å². The molecule has 7 heteroatoms. The van der Waals surface area contributed by atoms with Crippen LogP contribution in [0.4, 0.5) is 0 Å². The zero-order valence-electron chi connectivity index (χ0n) is 14.0. The molecule has 1 aliphatic heterocycles. The fourth-order valence-corrected chi connectivity index (χ4v) is 2.51. The highest BCUT2D eigenvalue weighted by Gasteiger charge is 2.18. The Labute approximate surface area is 149 Å². The molecule has 0 aliphatic carbocycles. The van der Waals surface area contributed by atoms with Crippen molar-refractivity contribution in [2.45, 2.75) is 25.9 Å². The molecule has 1 aliphatic rings. The minimum atomic E-state index is -0.128. The van der Waals surface area contributed by atoms with Gasteiger partial charge in [-0.15, -0.1) is 12.4 Å². The van der Waals surface area contributed by atoms with E-state index in [4.69, 9.17) is 4.74 Å². The number of amides is 2. The Kier molecular flexibility index (Phi) is 9.37. The van der Waals surface area contributed by atoms with Crippen molar-refractivity contribution < 1.29 is 14.3 Å². The van der Waals surface area contributed by atoms with Crippen LogP contribution in [0.25, 0.3) is 0 Å². The lowest BCUT2D eigenvalue weighted by Gasteiger charge is -2.24. The molecule has 24 heavy (non-hydrogen) atoms. The molecule has 0 radical (unpaired) electrons. The number of hydrogen-bond acceptors (Lipinski definition) is 4. The Hall–Kier alpha value is -1.63. The third-order valence-electron chi connectivity index (χ3n) is 3.82. The summed E-state index contributed by atoms with van der Waals surface area (Å²) in [5.41, 5.74) is 1.08. The summed E-state index contributed by atoms with van der Waals surface area (Å²) in [7, 11) is 0. The van der Waals surface area contributed by atoms with E-state index in [1.165, 1.54) is 0 Å². The van der Waals surface area contributed by atoms with Crippen LogP contribution in [0.15, 0.2) is 30.3 Å². The summed E-state index contributed by atoms with van der Waals surface area (Å²) in [6.07, 6.45) is 0.331. The van der Waals surface area contributed by atoms with E-state index in [1.54, 1.807) is 4.90 Å². The molecule has 2 amide bonds. The highest BCUT2D eigenvalue weighted by molar-refractivity contribution is 5.85. The summed E-state index contributed by atoms with van der Waals surface area (Å²) in [6.45, 7) is 5.13.